The Kier molecular flexibility index (Phi) is 10.5. The summed E-state index contributed by atoms with van der Waals surface area (Å²) < 4.78 is 25.2. The molecule has 1 aliphatic heterocycles. The molecule has 40 heavy (non-hydrogen) atoms. The molecule has 4 aromatic rings. The highest BCUT2D eigenvalue weighted by Crippen LogP contribution is 2.31. The standard InChI is InChI=1S/C34H37NO5/c36-35-31(25-37-21-27-13-5-1-6-14-27)33(39-23-29-17-9-3-10-18-29)34(40-24-30-19-11-4-12-20-30)32(35)26-38-22-28-15-7-2-8-16-28/h1-20,31-34,36H,21-26H2/t31-,32-,33-,34-/m1/s1. The normalized spacial score (nSPS) is 21.0. The van der Waals surface area contributed by atoms with Crippen LogP contribution in [-0.2, 0) is 45.4 Å². The smallest absolute Gasteiger partial charge is 0.106 e. The Balaban J connectivity index is 1.33. The van der Waals surface area contributed by atoms with Crippen molar-refractivity contribution in [2.45, 2.75) is 50.7 Å². The largest absolute Gasteiger partial charge is 0.375 e. The number of hydrogen-bond donors (Lipinski definition) is 1. The maximum atomic E-state index is 11.5. The Morgan fingerprint density at radius 3 is 1.07 bits per heavy atom. The summed E-state index contributed by atoms with van der Waals surface area (Å²) in [6.45, 7) is 2.26. The molecule has 0 spiro atoms. The molecule has 0 aliphatic carbocycles. The second-order valence-corrected chi connectivity index (χ2v) is 10.0. The second-order valence-electron chi connectivity index (χ2n) is 10.0. The molecule has 6 nitrogen and oxygen atoms in total. The molecular formula is C34H37NO5. The van der Waals surface area contributed by atoms with E-state index in [1.165, 1.54) is 5.06 Å². The number of ether oxygens (including phenoxy) is 4. The molecule has 1 N–H and O–H groups in total. The summed E-state index contributed by atoms with van der Waals surface area (Å²) in [4.78, 5) is 0. The van der Waals surface area contributed by atoms with Gasteiger partial charge in [-0.05, 0) is 22.3 Å². The van der Waals surface area contributed by atoms with Gasteiger partial charge in [-0.1, -0.05) is 121 Å². The third kappa shape index (κ3) is 7.86. The number of hydroxylamine groups is 2. The molecule has 1 heterocycles. The Morgan fingerprint density at radius 2 is 0.750 bits per heavy atom. The van der Waals surface area contributed by atoms with E-state index in [2.05, 4.69) is 0 Å². The first kappa shape index (κ1) is 28.2. The number of nitrogens with zero attached hydrogens (tertiary/aromatic N) is 1. The first-order valence-electron chi connectivity index (χ1n) is 13.8. The lowest BCUT2D eigenvalue weighted by Crippen LogP contribution is -2.41. The lowest BCUT2D eigenvalue weighted by molar-refractivity contribution is -0.176. The van der Waals surface area contributed by atoms with Gasteiger partial charge < -0.3 is 24.2 Å². The molecule has 5 rings (SSSR count). The van der Waals surface area contributed by atoms with Gasteiger partial charge in [0.25, 0.3) is 0 Å². The van der Waals surface area contributed by atoms with Crippen LogP contribution in [0.5, 0.6) is 0 Å². The molecule has 0 unspecified atom stereocenters. The lowest BCUT2D eigenvalue weighted by atomic mass is 10.1. The van der Waals surface area contributed by atoms with Gasteiger partial charge in [-0.15, -0.1) is 0 Å². The van der Waals surface area contributed by atoms with Gasteiger partial charge >= 0.3 is 0 Å². The van der Waals surface area contributed by atoms with Crippen molar-refractivity contribution in [2.24, 2.45) is 0 Å². The van der Waals surface area contributed by atoms with Crippen molar-refractivity contribution in [1.29, 1.82) is 0 Å². The zero-order chi connectivity index (χ0) is 27.4. The monoisotopic (exact) mass is 539 g/mol. The van der Waals surface area contributed by atoms with Crippen LogP contribution in [0.15, 0.2) is 121 Å². The van der Waals surface area contributed by atoms with Crippen molar-refractivity contribution in [3.05, 3.63) is 144 Å². The predicted octanol–water partition coefficient (Wildman–Crippen LogP) is 6.03. The van der Waals surface area contributed by atoms with Crippen LogP contribution >= 0.6 is 0 Å². The minimum absolute atomic E-state index is 0.283. The zero-order valence-corrected chi connectivity index (χ0v) is 22.6. The topological polar surface area (TPSA) is 60.4 Å². The van der Waals surface area contributed by atoms with Gasteiger partial charge in [0.05, 0.1) is 51.7 Å². The SMILES string of the molecule is ON1[C@H](COCc2ccccc2)[C@@H](OCc2ccccc2)[C@H](OCc2ccccc2)[C@H]1COCc1ccccc1. The van der Waals surface area contributed by atoms with Crippen molar-refractivity contribution < 1.29 is 24.2 Å². The fraction of sp³-hybridized carbons (Fsp3) is 0.294. The van der Waals surface area contributed by atoms with Gasteiger partial charge in [0.15, 0.2) is 0 Å². The van der Waals surface area contributed by atoms with E-state index in [0.717, 1.165) is 22.3 Å². The van der Waals surface area contributed by atoms with E-state index in [1.54, 1.807) is 0 Å². The van der Waals surface area contributed by atoms with E-state index in [0.29, 0.717) is 26.4 Å². The maximum absolute atomic E-state index is 11.5. The molecular weight excluding hydrogens is 502 g/mol. The molecule has 208 valence electrons. The number of hydrogen-bond acceptors (Lipinski definition) is 6. The average molecular weight is 540 g/mol. The summed E-state index contributed by atoms with van der Waals surface area (Å²) >= 11 is 0. The summed E-state index contributed by atoms with van der Waals surface area (Å²) in [5.41, 5.74) is 4.26. The highest BCUT2D eigenvalue weighted by Gasteiger charge is 2.50. The quantitative estimate of drug-likeness (QED) is 0.211. The Bertz CT molecular complexity index is 1140. The van der Waals surface area contributed by atoms with Crippen LogP contribution in [0.1, 0.15) is 22.3 Å². The van der Waals surface area contributed by atoms with Crippen LogP contribution < -0.4 is 0 Å². The number of rotatable bonds is 14. The van der Waals surface area contributed by atoms with Gasteiger partial charge in [-0.2, -0.15) is 5.06 Å². The Labute approximate surface area is 236 Å². The van der Waals surface area contributed by atoms with E-state index < -0.39 is 24.3 Å². The third-order valence-corrected chi connectivity index (χ3v) is 7.13. The zero-order valence-electron chi connectivity index (χ0n) is 22.6. The average Bonchev–Trinajstić information content (AvgIpc) is 3.26. The van der Waals surface area contributed by atoms with Gasteiger partial charge in [0, 0.05) is 0 Å². The van der Waals surface area contributed by atoms with Gasteiger partial charge in [-0.25, -0.2) is 0 Å². The van der Waals surface area contributed by atoms with Crippen LogP contribution in [-0.4, -0.2) is 47.8 Å². The fourth-order valence-electron chi connectivity index (χ4n) is 5.02. The van der Waals surface area contributed by atoms with E-state index in [9.17, 15) is 5.21 Å². The molecule has 1 fully saturated rings. The highest BCUT2D eigenvalue weighted by molar-refractivity contribution is 5.16. The number of benzene rings is 4. The van der Waals surface area contributed by atoms with Crippen LogP contribution in [0.3, 0.4) is 0 Å². The van der Waals surface area contributed by atoms with Crippen LogP contribution in [0.2, 0.25) is 0 Å². The molecule has 0 bridgehead atoms. The van der Waals surface area contributed by atoms with Gasteiger partial charge in [0.2, 0.25) is 0 Å². The Hall–Kier alpha value is -3.36. The van der Waals surface area contributed by atoms with Crippen LogP contribution in [0.25, 0.3) is 0 Å². The van der Waals surface area contributed by atoms with Crippen LogP contribution in [0, 0.1) is 0 Å². The van der Waals surface area contributed by atoms with Crippen molar-refractivity contribution in [3.63, 3.8) is 0 Å². The first-order chi connectivity index (χ1) is 19.8. The molecule has 4 atom stereocenters. The molecule has 0 saturated carbocycles. The molecule has 6 heteroatoms. The molecule has 0 aromatic heterocycles. The molecule has 1 saturated heterocycles. The minimum atomic E-state index is -0.435. The second kappa shape index (κ2) is 14.9. The summed E-state index contributed by atoms with van der Waals surface area (Å²) in [6.07, 6.45) is -0.870. The fourth-order valence-corrected chi connectivity index (χ4v) is 5.02. The molecule has 0 radical (unpaired) electrons. The van der Waals surface area contributed by atoms with Crippen molar-refractivity contribution in [3.8, 4) is 0 Å². The molecule has 4 aromatic carbocycles. The molecule has 1 aliphatic rings. The summed E-state index contributed by atoms with van der Waals surface area (Å²) in [5.74, 6) is 0. The maximum Gasteiger partial charge on any atom is 0.106 e. The van der Waals surface area contributed by atoms with Crippen molar-refractivity contribution in [2.75, 3.05) is 13.2 Å². The van der Waals surface area contributed by atoms with E-state index in [-0.39, 0.29) is 13.2 Å². The summed E-state index contributed by atoms with van der Waals surface area (Å²) in [5, 5.41) is 12.8. The van der Waals surface area contributed by atoms with E-state index in [4.69, 9.17) is 18.9 Å². The van der Waals surface area contributed by atoms with Crippen LogP contribution in [0.4, 0.5) is 0 Å². The highest BCUT2D eigenvalue weighted by atomic mass is 16.6. The van der Waals surface area contributed by atoms with Gasteiger partial charge in [-0.3, -0.25) is 0 Å². The summed E-state index contributed by atoms with van der Waals surface area (Å²) in [7, 11) is 0. The molecule has 0 amide bonds. The third-order valence-electron chi connectivity index (χ3n) is 7.13. The predicted molar refractivity (Wildman–Crippen MR) is 153 cm³/mol. The van der Waals surface area contributed by atoms with E-state index in [1.807, 2.05) is 121 Å². The minimum Gasteiger partial charge on any atom is -0.375 e. The van der Waals surface area contributed by atoms with Crippen molar-refractivity contribution in [1.82, 2.24) is 5.06 Å². The van der Waals surface area contributed by atoms with Crippen molar-refractivity contribution >= 4 is 0 Å². The first-order valence-corrected chi connectivity index (χ1v) is 13.8. The lowest BCUT2D eigenvalue weighted by Gasteiger charge is -2.26. The van der Waals surface area contributed by atoms with Gasteiger partial charge in [0.1, 0.15) is 12.2 Å². The summed E-state index contributed by atoms with van der Waals surface area (Å²) in [6, 6.07) is 39.3. The van der Waals surface area contributed by atoms with E-state index >= 15 is 0 Å². The Morgan fingerprint density at radius 1 is 0.450 bits per heavy atom.